The number of aryl methyl sites for hydroxylation is 1. The summed E-state index contributed by atoms with van der Waals surface area (Å²) in [6, 6.07) is 8.34. The highest BCUT2D eigenvalue weighted by Crippen LogP contribution is 2.26. The number of amides is 1. The van der Waals surface area contributed by atoms with Gasteiger partial charge in [-0.3, -0.25) is 9.48 Å². The van der Waals surface area contributed by atoms with Crippen LogP contribution in [0.1, 0.15) is 23.1 Å². The molecule has 1 N–H and O–H groups in total. The molecule has 0 radical (unpaired) electrons. The molecule has 1 aromatic carbocycles. The lowest BCUT2D eigenvalue weighted by Gasteiger charge is -2.06. The highest BCUT2D eigenvalue weighted by molar-refractivity contribution is 6.36. The number of anilines is 1. The average Bonchev–Trinajstić information content (AvgIpc) is 3.27. The lowest BCUT2D eigenvalue weighted by Crippen LogP contribution is -2.13. The first-order valence-electron chi connectivity index (χ1n) is 8.62. The summed E-state index contributed by atoms with van der Waals surface area (Å²) in [4.78, 5) is 17.0. The number of nitrogens with zero attached hydrogens (tertiary/aromatic N) is 5. The molecular formula is C19H16Cl2N6O. The van der Waals surface area contributed by atoms with Crippen molar-refractivity contribution in [3.63, 3.8) is 0 Å². The van der Waals surface area contributed by atoms with Gasteiger partial charge >= 0.3 is 0 Å². The maximum absolute atomic E-state index is 12.7. The molecule has 0 fully saturated rings. The quantitative estimate of drug-likeness (QED) is 0.533. The smallest absolute Gasteiger partial charge is 0.276 e. The summed E-state index contributed by atoms with van der Waals surface area (Å²) in [7, 11) is 0. The van der Waals surface area contributed by atoms with Crippen molar-refractivity contribution < 1.29 is 4.79 Å². The summed E-state index contributed by atoms with van der Waals surface area (Å²) in [6.07, 6.45) is 3.48. The molecule has 7 nitrogen and oxygen atoms in total. The van der Waals surface area contributed by atoms with E-state index in [1.807, 2.05) is 24.6 Å². The minimum atomic E-state index is -0.387. The molecule has 28 heavy (non-hydrogen) atoms. The molecule has 142 valence electrons. The van der Waals surface area contributed by atoms with Crippen LogP contribution >= 0.6 is 23.2 Å². The van der Waals surface area contributed by atoms with E-state index in [9.17, 15) is 4.79 Å². The van der Waals surface area contributed by atoms with Crippen molar-refractivity contribution in [3.05, 3.63) is 64.2 Å². The van der Waals surface area contributed by atoms with Crippen LogP contribution in [0.25, 0.3) is 16.9 Å². The van der Waals surface area contributed by atoms with E-state index >= 15 is 0 Å². The van der Waals surface area contributed by atoms with Crippen LogP contribution in [0, 0.1) is 6.92 Å². The second-order valence-electron chi connectivity index (χ2n) is 6.17. The van der Waals surface area contributed by atoms with Crippen LogP contribution in [-0.4, -0.2) is 30.3 Å². The fourth-order valence-corrected chi connectivity index (χ4v) is 3.46. The van der Waals surface area contributed by atoms with Crippen LogP contribution in [0.2, 0.25) is 10.0 Å². The minimum absolute atomic E-state index is 0.228. The highest BCUT2D eigenvalue weighted by atomic mass is 35.5. The number of hydrogen-bond acceptors (Lipinski definition) is 4. The zero-order valence-corrected chi connectivity index (χ0v) is 16.7. The van der Waals surface area contributed by atoms with Crippen molar-refractivity contribution in [3.8, 4) is 11.3 Å². The number of halogens is 2. The Morgan fingerprint density at radius 1 is 1.21 bits per heavy atom. The molecule has 0 aliphatic rings. The monoisotopic (exact) mass is 414 g/mol. The number of hydrogen-bond donors (Lipinski definition) is 1. The topological polar surface area (TPSA) is 77.1 Å². The van der Waals surface area contributed by atoms with E-state index in [-0.39, 0.29) is 11.6 Å². The van der Waals surface area contributed by atoms with E-state index in [4.69, 9.17) is 23.2 Å². The summed E-state index contributed by atoms with van der Waals surface area (Å²) in [6.45, 7) is 4.80. The van der Waals surface area contributed by atoms with Crippen LogP contribution in [0.5, 0.6) is 0 Å². The normalized spacial score (nSPS) is 11.1. The second kappa shape index (κ2) is 7.26. The third-order valence-electron chi connectivity index (χ3n) is 4.45. The molecule has 0 aliphatic carbocycles. The summed E-state index contributed by atoms with van der Waals surface area (Å²) in [5, 5.41) is 12.4. The Morgan fingerprint density at radius 2 is 2.04 bits per heavy atom. The fraction of sp³-hybridized carbons (Fsp3) is 0.158. The van der Waals surface area contributed by atoms with Crippen LogP contribution in [-0.2, 0) is 6.54 Å². The minimum Gasteiger partial charge on any atom is -0.319 e. The Labute approximate surface area is 170 Å². The van der Waals surface area contributed by atoms with Crippen molar-refractivity contribution >= 4 is 40.4 Å². The Bertz CT molecular complexity index is 1200. The SMILES string of the molecule is CCn1ncc(-c2ccnc3cc(C(=O)Nc4ccc(Cl)cc4Cl)nn23)c1C. The Hall–Kier alpha value is -2.90. The van der Waals surface area contributed by atoms with Gasteiger partial charge in [-0.25, -0.2) is 9.50 Å². The number of aromatic nitrogens is 5. The molecular weight excluding hydrogens is 399 g/mol. The van der Waals surface area contributed by atoms with Gasteiger partial charge in [-0.2, -0.15) is 10.2 Å². The van der Waals surface area contributed by atoms with E-state index in [1.165, 1.54) is 0 Å². The molecule has 0 atom stereocenters. The first kappa shape index (κ1) is 18.5. The fourth-order valence-electron chi connectivity index (χ4n) is 3.00. The summed E-state index contributed by atoms with van der Waals surface area (Å²) < 4.78 is 3.55. The van der Waals surface area contributed by atoms with Crippen LogP contribution in [0.15, 0.2) is 42.7 Å². The highest BCUT2D eigenvalue weighted by Gasteiger charge is 2.17. The number of benzene rings is 1. The van der Waals surface area contributed by atoms with Crippen LogP contribution in [0.4, 0.5) is 5.69 Å². The Morgan fingerprint density at radius 3 is 2.75 bits per heavy atom. The van der Waals surface area contributed by atoms with E-state index in [2.05, 4.69) is 20.5 Å². The van der Waals surface area contributed by atoms with Crippen molar-refractivity contribution in [1.29, 1.82) is 0 Å². The predicted octanol–water partition coefficient (Wildman–Crippen LogP) is 4.48. The molecule has 4 rings (SSSR count). The molecule has 0 aliphatic heterocycles. The number of fused-ring (bicyclic) bond motifs is 1. The molecule has 0 unspecified atom stereocenters. The average molecular weight is 415 g/mol. The predicted molar refractivity (Wildman–Crippen MR) is 109 cm³/mol. The third kappa shape index (κ3) is 3.23. The van der Waals surface area contributed by atoms with Gasteiger partial charge in [-0.1, -0.05) is 23.2 Å². The summed E-state index contributed by atoms with van der Waals surface area (Å²) in [5.74, 6) is -0.387. The van der Waals surface area contributed by atoms with Crippen molar-refractivity contribution in [1.82, 2.24) is 24.4 Å². The van der Waals surface area contributed by atoms with Gasteiger partial charge in [0.15, 0.2) is 11.3 Å². The molecule has 9 heteroatoms. The molecule has 1 amide bonds. The van der Waals surface area contributed by atoms with Gasteiger partial charge < -0.3 is 5.32 Å². The Balaban J connectivity index is 1.72. The van der Waals surface area contributed by atoms with E-state index in [0.29, 0.717) is 21.4 Å². The zero-order valence-electron chi connectivity index (χ0n) is 15.1. The van der Waals surface area contributed by atoms with Gasteiger partial charge in [0.05, 0.1) is 22.6 Å². The Kier molecular flexibility index (Phi) is 4.78. The van der Waals surface area contributed by atoms with Gasteiger partial charge in [0, 0.05) is 35.1 Å². The lowest BCUT2D eigenvalue weighted by molar-refractivity contribution is 0.102. The first-order valence-corrected chi connectivity index (χ1v) is 9.37. The van der Waals surface area contributed by atoms with Gasteiger partial charge in [0.2, 0.25) is 0 Å². The van der Waals surface area contributed by atoms with Crippen molar-refractivity contribution in [2.75, 3.05) is 5.32 Å². The zero-order chi connectivity index (χ0) is 19.8. The standard InChI is InChI=1S/C19H16Cl2N6O/c1-3-26-11(2)13(10-23-26)17-6-7-22-18-9-16(25-27(17)18)19(28)24-15-5-4-12(20)8-14(15)21/h4-10H,3H2,1-2H3,(H,24,28). The largest absolute Gasteiger partial charge is 0.319 e. The molecule has 0 saturated carbocycles. The summed E-state index contributed by atoms with van der Waals surface area (Å²) in [5.41, 5.74) is 4.02. The number of carbonyl (C=O) groups is 1. The maximum atomic E-state index is 12.7. The number of carbonyl (C=O) groups excluding carboxylic acids is 1. The number of nitrogens with one attached hydrogen (secondary N) is 1. The molecule has 3 aromatic heterocycles. The van der Waals surface area contributed by atoms with Crippen LogP contribution < -0.4 is 5.32 Å². The summed E-state index contributed by atoms with van der Waals surface area (Å²) >= 11 is 12.0. The first-order chi connectivity index (χ1) is 13.5. The molecule has 0 spiro atoms. The van der Waals surface area contributed by atoms with Gasteiger partial charge in [0.25, 0.3) is 5.91 Å². The molecule has 0 bridgehead atoms. The van der Waals surface area contributed by atoms with E-state index in [1.54, 1.807) is 41.2 Å². The van der Waals surface area contributed by atoms with Gasteiger partial charge in [-0.05, 0) is 38.1 Å². The lowest BCUT2D eigenvalue weighted by atomic mass is 10.2. The van der Waals surface area contributed by atoms with Crippen LogP contribution in [0.3, 0.4) is 0 Å². The number of rotatable bonds is 4. The second-order valence-corrected chi connectivity index (χ2v) is 7.01. The van der Waals surface area contributed by atoms with Gasteiger partial charge in [0.1, 0.15) is 0 Å². The van der Waals surface area contributed by atoms with Gasteiger partial charge in [-0.15, -0.1) is 0 Å². The third-order valence-corrected chi connectivity index (χ3v) is 5.00. The van der Waals surface area contributed by atoms with Crippen molar-refractivity contribution in [2.24, 2.45) is 0 Å². The maximum Gasteiger partial charge on any atom is 0.276 e. The van der Waals surface area contributed by atoms with Crippen molar-refractivity contribution in [2.45, 2.75) is 20.4 Å². The van der Waals surface area contributed by atoms with E-state index < -0.39 is 0 Å². The van der Waals surface area contributed by atoms with E-state index in [0.717, 1.165) is 23.5 Å². The molecule has 4 aromatic rings. The molecule has 0 saturated heterocycles. The molecule has 3 heterocycles.